The van der Waals surface area contributed by atoms with Gasteiger partial charge in [0.05, 0.1) is 6.10 Å². The largest absolute Gasteiger partial charge is 0.387 e. The summed E-state index contributed by atoms with van der Waals surface area (Å²) in [5.41, 5.74) is 0.983. The van der Waals surface area contributed by atoms with Crippen LogP contribution in [0.3, 0.4) is 0 Å². The van der Waals surface area contributed by atoms with Crippen LogP contribution in [0.15, 0.2) is 30.3 Å². The Morgan fingerprint density at radius 3 is 2.24 bits per heavy atom. The SMILES string of the molecule is O=C(CCN1CCN(C[C@@H](O)c2ccccc2)CC1)N1CCCCC1. The fraction of sp³-hybridized carbons (Fsp3) is 0.650. The van der Waals surface area contributed by atoms with Crippen molar-refractivity contribution in [1.29, 1.82) is 0 Å². The second-order valence-corrected chi connectivity index (χ2v) is 7.26. The predicted molar refractivity (Wildman–Crippen MR) is 99.3 cm³/mol. The van der Waals surface area contributed by atoms with Crippen molar-refractivity contribution < 1.29 is 9.90 Å². The molecule has 1 aromatic rings. The number of hydrogen-bond acceptors (Lipinski definition) is 4. The fourth-order valence-electron chi connectivity index (χ4n) is 3.78. The van der Waals surface area contributed by atoms with Crippen LogP contribution in [0.5, 0.6) is 0 Å². The third-order valence-electron chi connectivity index (χ3n) is 5.43. The van der Waals surface area contributed by atoms with E-state index in [9.17, 15) is 9.90 Å². The van der Waals surface area contributed by atoms with Crippen molar-refractivity contribution in [3.8, 4) is 0 Å². The summed E-state index contributed by atoms with van der Waals surface area (Å²) in [7, 11) is 0. The molecule has 5 nitrogen and oxygen atoms in total. The molecule has 1 N–H and O–H groups in total. The molecule has 1 aromatic carbocycles. The van der Waals surface area contributed by atoms with Gasteiger partial charge in [0.1, 0.15) is 0 Å². The minimum Gasteiger partial charge on any atom is -0.387 e. The lowest BCUT2D eigenvalue weighted by molar-refractivity contribution is -0.132. The molecule has 0 saturated carbocycles. The van der Waals surface area contributed by atoms with Crippen molar-refractivity contribution in [1.82, 2.24) is 14.7 Å². The van der Waals surface area contributed by atoms with Gasteiger partial charge in [0.15, 0.2) is 0 Å². The fourth-order valence-corrected chi connectivity index (χ4v) is 3.78. The summed E-state index contributed by atoms with van der Waals surface area (Å²) in [6.45, 7) is 7.33. The second-order valence-electron chi connectivity index (χ2n) is 7.26. The number of carbonyl (C=O) groups is 1. The standard InChI is InChI=1S/C20H31N3O2/c24-19(18-7-3-1-4-8-18)17-22-15-13-21(14-16-22)12-9-20(25)23-10-5-2-6-11-23/h1,3-4,7-8,19,24H,2,5-6,9-17H2/t19-/m1/s1. The number of piperidine rings is 1. The first-order valence-corrected chi connectivity index (χ1v) is 9.68. The van der Waals surface area contributed by atoms with Gasteiger partial charge < -0.3 is 14.9 Å². The number of β-amino-alcohol motifs (C(OH)–C–C–N with tert-alkyl or cyclic N) is 1. The molecule has 2 fully saturated rings. The minimum atomic E-state index is -0.423. The van der Waals surface area contributed by atoms with Crippen molar-refractivity contribution in [3.05, 3.63) is 35.9 Å². The topological polar surface area (TPSA) is 47.0 Å². The normalized spacial score (nSPS) is 21.2. The number of rotatable bonds is 6. The molecule has 0 aromatic heterocycles. The number of nitrogens with zero attached hydrogens (tertiary/aromatic N) is 3. The Morgan fingerprint density at radius 2 is 1.56 bits per heavy atom. The van der Waals surface area contributed by atoms with E-state index in [-0.39, 0.29) is 0 Å². The van der Waals surface area contributed by atoms with Crippen LogP contribution in [0.4, 0.5) is 0 Å². The van der Waals surface area contributed by atoms with Crippen LogP contribution in [0.2, 0.25) is 0 Å². The van der Waals surface area contributed by atoms with Gasteiger partial charge in [0.25, 0.3) is 0 Å². The van der Waals surface area contributed by atoms with E-state index in [0.29, 0.717) is 18.9 Å². The highest BCUT2D eigenvalue weighted by atomic mass is 16.3. The van der Waals surface area contributed by atoms with Crippen LogP contribution in [0, 0.1) is 0 Å². The van der Waals surface area contributed by atoms with Crippen LogP contribution in [0.1, 0.15) is 37.4 Å². The molecule has 5 heteroatoms. The van der Waals surface area contributed by atoms with E-state index in [1.54, 1.807) is 0 Å². The predicted octanol–water partition coefficient (Wildman–Crippen LogP) is 1.74. The molecule has 25 heavy (non-hydrogen) atoms. The van der Waals surface area contributed by atoms with Crippen molar-refractivity contribution in [2.75, 3.05) is 52.4 Å². The average Bonchev–Trinajstić information content (AvgIpc) is 2.68. The molecule has 0 unspecified atom stereocenters. The molecule has 0 bridgehead atoms. The first-order chi connectivity index (χ1) is 12.2. The molecule has 0 spiro atoms. The number of likely N-dealkylation sites (tertiary alicyclic amines) is 1. The first kappa shape index (κ1) is 18.4. The smallest absolute Gasteiger partial charge is 0.223 e. The lowest BCUT2D eigenvalue weighted by Gasteiger charge is -2.36. The Kier molecular flexibility index (Phi) is 6.84. The number of carbonyl (C=O) groups excluding carboxylic acids is 1. The molecular formula is C20H31N3O2. The molecule has 0 aliphatic carbocycles. The van der Waals surface area contributed by atoms with Gasteiger partial charge in [-0.25, -0.2) is 0 Å². The van der Waals surface area contributed by atoms with Gasteiger partial charge >= 0.3 is 0 Å². The zero-order chi connectivity index (χ0) is 17.5. The summed E-state index contributed by atoms with van der Waals surface area (Å²) in [6, 6.07) is 9.87. The highest BCUT2D eigenvalue weighted by Crippen LogP contribution is 2.15. The highest BCUT2D eigenvalue weighted by molar-refractivity contribution is 5.76. The summed E-state index contributed by atoms with van der Waals surface area (Å²) in [5.74, 6) is 0.321. The number of amides is 1. The van der Waals surface area contributed by atoms with Crippen LogP contribution in [0.25, 0.3) is 0 Å². The maximum absolute atomic E-state index is 12.3. The molecule has 1 atom stereocenters. The molecule has 0 radical (unpaired) electrons. The number of piperazine rings is 1. The average molecular weight is 345 g/mol. The first-order valence-electron chi connectivity index (χ1n) is 9.68. The van der Waals surface area contributed by atoms with Crippen LogP contribution in [-0.2, 0) is 4.79 Å². The van der Waals surface area contributed by atoms with Crippen molar-refractivity contribution in [2.24, 2.45) is 0 Å². The van der Waals surface area contributed by atoms with E-state index in [0.717, 1.165) is 64.2 Å². The second kappa shape index (κ2) is 9.32. The Balaban J connectivity index is 1.35. The summed E-state index contributed by atoms with van der Waals surface area (Å²) >= 11 is 0. The molecule has 3 rings (SSSR count). The van der Waals surface area contributed by atoms with E-state index in [4.69, 9.17) is 0 Å². The van der Waals surface area contributed by atoms with Gasteiger partial charge in [-0.05, 0) is 24.8 Å². The lowest BCUT2D eigenvalue weighted by Crippen LogP contribution is -2.48. The number of benzene rings is 1. The number of aliphatic hydroxyl groups excluding tert-OH is 1. The van der Waals surface area contributed by atoms with Gasteiger partial charge in [-0.3, -0.25) is 9.69 Å². The molecule has 2 aliphatic rings. The molecular weight excluding hydrogens is 314 g/mol. The van der Waals surface area contributed by atoms with Gasteiger partial charge in [0.2, 0.25) is 5.91 Å². The summed E-state index contributed by atoms with van der Waals surface area (Å²) in [4.78, 5) is 19.0. The van der Waals surface area contributed by atoms with E-state index < -0.39 is 6.10 Å². The quantitative estimate of drug-likeness (QED) is 0.853. The Labute approximate surface area is 151 Å². The van der Waals surface area contributed by atoms with E-state index >= 15 is 0 Å². The van der Waals surface area contributed by atoms with Gasteiger partial charge in [0, 0.05) is 58.8 Å². The number of hydrogen-bond donors (Lipinski definition) is 1. The molecule has 2 heterocycles. The molecule has 2 aliphatic heterocycles. The third kappa shape index (κ3) is 5.53. The summed E-state index contributed by atoms with van der Waals surface area (Å²) < 4.78 is 0. The Morgan fingerprint density at radius 1 is 0.920 bits per heavy atom. The lowest BCUT2D eigenvalue weighted by atomic mass is 10.1. The summed E-state index contributed by atoms with van der Waals surface area (Å²) in [6.07, 6.45) is 3.81. The van der Waals surface area contributed by atoms with Crippen molar-refractivity contribution >= 4 is 5.91 Å². The maximum Gasteiger partial charge on any atom is 0.223 e. The highest BCUT2D eigenvalue weighted by Gasteiger charge is 2.22. The molecule has 138 valence electrons. The Bertz CT molecular complexity index is 523. The molecule has 1 amide bonds. The van der Waals surface area contributed by atoms with Crippen molar-refractivity contribution in [3.63, 3.8) is 0 Å². The van der Waals surface area contributed by atoms with Gasteiger partial charge in [-0.2, -0.15) is 0 Å². The Hall–Kier alpha value is -1.43. The van der Waals surface area contributed by atoms with E-state index in [2.05, 4.69) is 9.80 Å². The monoisotopic (exact) mass is 345 g/mol. The zero-order valence-corrected chi connectivity index (χ0v) is 15.1. The maximum atomic E-state index is 12.3. The minimum absolute atomic E-state index is 0.321. The van der Waals surface area contributed by atoms with Crippen LogP contribution < -0.4 is 0 Å². The summed E-state index contributed by atoms with van der Waals surface area (Å²) in [5, 5.41) is 10.4. The van der Waals surface area contributed by atoms with Gasteiger partial charge in [-0.1, -0.05) is 30.3 Å². The van der Waals surface area contributed by atoms with E-state index in [1.807, 2.05) is 35.2 Å². The van der Waals surface area contributed by atoms with E-state index in [1.165, 1.54) is 6.42 Å². The van der Waals surface area contributed by atoms with Crippen LogP contribution >= 0.6 is 0 Å². The third-order valence-corrected chi connectivity index (χ3v) is 5.43. The van der Waals surface area contributed by atoms with Crippen molar-refractivity contribution in [2.45, 2.75) is 31.8 Å². The van der Waals surface area contributed by atoms with Crippen LogP contribution in [-0.4, -0.2) is 78.1 Å². The molecule has 2 saturated heterocycles. The zero-order valence-electron chi connectivity index (χ0n) is 15.1. The van der Waals surface area contributed by atoms with Gasteiger partial charge in [-0.15, -0.1) is 0 Å². The number of aliphatic hydroxyl groups is 1.